The summed E-state index contributed by atoms with van der Waals surface area (Å²) in [5.41, 5.74) is 0. The van der Waals surface area contributed by atoms with Gasteiger partial charge in [0.25, 0.3) is 0 Å². The van der Waals surface area contributed by atoms with Crippen molar-refractivity contribution in [1.82, 2.24) is 5.32 Å². The van der Waals surface area contributed by atoms with Crippen LogP contribution in [-0.4, -0.2) is 16.9 Å². The van der Waals surface area contributed by atoms with Crippen molar-refractivity contribution in [3.63, 3.8) is 0 Å². The lowest BCUT2D eigenvalue weighted by atomic mass is 10.2. The summed E-state index contributed by atoms with van der Waals surface area (Å²) in [4.78, 5) is 11.0. The lowest BCUT2D eigenvalue weighted by molar-refractivity contribution is -0.123. The summed E-state index contributed by atoms with van der Waals surface area (Å²) < 4.78 is 1.18. The van der Waals surface area contributed by atoms with E-state index < -0.39 is 0 Å². The number of unbranched alkanes of at least 4 members (excludes halogenated alkanes) is 1. The molecule has 0 aliphatic rings. The minimum absolute atomic E-state index is 0.120. The molecule has 0 fully saturated rings. The van der Waals surface area contributed by atoms with Crippen molar-refractivity contribution in [3.8, 4) is 0 Å². The Morgan fingerprint density at radius 2 is 2.09 bits per heavy atom. The summed E-state index contributed by atoms with van der Waals surface area (Å²) in [5.74, 6) is 0.285. The Kier molecular flexibility index (Phi) is 7.01. The molecule has 0 spiro atoms. The second kappa shape index (κ2) is 6.88. The normalized spacial score (nSPS) is 10.2. The van der Waals surface area contributed by atoms with Crippen LogP contribution in [-0.2, 0) is 4.79 Å². The van der Waals surface area contributed by atoms with Gasteiger partial charge in [0.2, 0.25) is 5.91 Å². The molecule has 0 aliphatic heterocycles. The maximum absolute atomic E-state index is 11.0. The molecule has 0 atom stereocenters. The zero-order valence-electron chi connectivity index (χ0n) is 7.19. The van der Waals surface area contributed by atoms with Crippen molar-refractivity contribution >= 4 is 28.5 Å². The zero-order chi connectivity index (χ0) is 8.69. The van der Waals surface area contributed by atoms with Crippen LogP contribution in [0.4, 0.5) is 0 Å². The number of hydrogen-bond donors (Lipinski definition) is 1. The Labute approximate surface area is 82.3 Å². The predicted octanol–water partition coefficient (Wildman–Crippen LogP) is 1.97. The Morgan fingerprint density at radius 3 is 2.55 bits per heavy atom. The molecule has 0 heterocycles. The topological polar surface area (TPSA) is 29.1 Å². The predicted molar refractivity (Wildman–Crippen MR) is 56.0 cm³/mol. The van der Waals surface area contributed by atoms with E-state index in [1.807, 2.05) is 13.8 Å². The lowest BCUT2D eigenvalue weighted by Crippen LogP contribution is -2.28. The molecule has 0 aromatic heterocycles. The summed E-state index contributed by atoms with van der Waals surface area (Å²) >= 11 is 2.35. The van der Waals surface area contributed by atoms with E-state index in [-0.39, 0.29) is 11.8 Å². The van der Waals surface area contributed by atoms with E-state index in [1.165, 1.54) is 10.8 Å². The number of carbonyl (C=O) groups is 1. The molecule has 0 aromatic rings. The number of rotatable bonds is 5. The SMILES string of the molecule is CC(C)C(=O)NCCCCI. The second-order valence-corrected chi connectivity index (χ2v) is 3.92. The largest absolute Gasteiger partial charge is 0.356 e. The average Bonchev–Trinajstić information content (AvgIpc) is 1.97. The average molecular weight is 269 g/mol. The van der Waals surface area contributed by atoms with E-state index in [2.05, 4.69) is 27.9 Å². The van der Waals surface area contributed by atoms with E-state index in [0.717, 1.165) is 13.0 Å². The fourth-order valence-electron chi connectivity index (χ4n) is 0.635. The van der Waals surface area contributed by atoms with Gasteiger partial charge < -0.3 is 5.32 Å². The first-order valence-corrected chi connectivity index (χ1v) is 5.54. The summed E-state index contributed by atoms with van der Waals surface area (Å²) in [5, 5.41) is 2.87. The van der Waals surface area contributed by atoms with Crippen molar-refractivity contribution in [3.05, 3.63) is 0 Å². The first kappa shape index (κ1) is 11.2. The number of carbonyl (C=O) groups excluding carboxylic acids is 1. The van der Waals surface area contributed by atoms with Gasteiger partial charge in [-0.25, -0.2) is 0 Å². The van der Waals surface area contributed by atoms with Crippen LogP contribution in [0, 0.1) is 5.92 Å². The Balaban J connectivity index is 3.18. The molecule has 0 rings (SSSR count). The summed E-state index contributed by atoms with van der Waals surface area (Å²) in [6, 6.07) is 0. The van der Waals surface area contributed by atoms with E-state index in [1.54, 1.807) is 0 Å². The molecule has 0 saturated carbocycles. The number of amides is 1. The third kappa shape index (κ3) is 6.59. The first-order chi connectivity index (χ1) is 5.18. The van der Waals surface area contributed by atoms with Crippen molar-refractivity contribution < 1.29 is 4.79 Å². The van der Waals surface area contributed by atoms with Crippen LogP contribution >= 0.6 is 22.6 Å². The summed E-state index contributed by atoms with van der Waals surface area (Å²) in [7, 11) is 0. The third-order valence-electron chi connectivity index (χ3n) is 1.38. The first-order valence-electron chi connectivity index (χ1n) is 4.02. The fraction of sp³-hybridized carbons (Fsp3) is 0.875. The van der Waals surface area contributed by atoms with Gasteiger partial charge in [0.05, 0.1) is 0 Å². The van der Waals surface area contributed by atoms with Gasteiger partial charge in [-0.05, 0) is 17.3 Å². The lowest BCUT2D eigenvalue weighted by Gasteiger charge is -2.05. The highest BCUT2D eigenvalue weighted by Crippen LogP contribution is 1.94. The van der Waals surface area contributed by atoms with Gasteiger partial charge in [0.1, 0.15) is 0 Å². The highest BCUT2D eigenvalue weighted by Gasteiger charge is 2.03. The number of alkyl halides is 1. The summed E-state index contributed by atoms with van der Waals surface area (Å²) in [6.45, 7) is 4.65. The highest BCUT2D eigenvalue weighted by atomic mass is 127. The Bertz CT molecular complexity index is 115. The standard InChI is InChI=1S/C8H16INO/c1-7(2)8(11)10-6-4-3-5-9/h7H,3-6H2,1-2H3,(H,10,11). The third-order valence-corrected chi connectivity index (χ3v) is 2.15. The van der Waals surface area contributed by atoms with Crippen LogP contribution in [0.3, 0.4) is 0 Å². The molecule has 0 unspecified atom stereocenters. The molecule has 0 radical (unpaired) electrons. The van der Waals surface area contributed by atoms with Crippen LogP contribution in [0.1, 0.15) is 26.7 Å². The highest BCUT2D eigenvalue weighted by molar-refractivity contribution is 14.1. The zero-order valence-corrected chi connectivity index (χ0v) is 9.35. The quantitative estimate of drug-likeness (QED) is 0.461. The van der Waals surface area contributed by atoms with Crippen molar-refractivity contribution in [2.75, 3.05) is 11.0 Å². The molecule has 11 heavy (non-hydrogen) atoms. The van der Waals surface area contributed by atoms with Crippen LogP contribution in [0.5, 0.6) is 0 Å². The van der Waals surface area contributed by atoms with Gasteiger partial charge in [-0.2, -0.15) is 0 Å². The van der Waals surface area contributed by atoms with Crippen molar-refractivity contribution in [2.24, 2.45) is 5.92 Å². The van der Waals surface area contributed by atoms with Gasteiger partial charge in [0.15, 0.2) is 0 Å². The van der Waals surface area contributed by atoms with Gasteiger partial charge in [-0.3, -0.25) is 4.79 Å². The molecule has 3 heteroatoms. The number of halogens is 1. The van der Waals surface area contributed by atoms with Crippen LogP contribution in [0.15, 0.2) is 0 Å². The molecule has 1 N–H and O–H groups in total. The minimum atomic E-state index is 0.120. The van der Waals surface area contributed by atoms with Gasteiger partial charge in [0, 0.05) is 12.5 Å². The van der Waals surface area contributed by atoms with Crippen molar-refractivity contribution in [2.45, 2.75) is 26.7 Å². The molecule has 0 saturated heterocycles. The van der Waals surface area contributed by atoms with Crippen LogP contribution in [0.25, 0.3) is 0 Å². The molecule has 0 bridgehead atoms. The molecule has 66 valence electrons. The van der Waals surface area contributed by atoms with Crippen LogP contribution in [0.2, 0.25) is 0 Å². The maximum atomic E-state index is 11.0. The summed E-state index contributed by atoms with van der Waals surface area (Å²) in [6.07, 6.45) is 2.29. The van der Waals surface area contributed by atoms with Crippen LogP contribution < -0.4 is 5.32 Å². The van der Waals surface area contributed by atoms with Gasteiger partial charge >= 0.3 is 0 Å². The smallest absolute Gasteiger partial charge is 0.222 e. The monoisotopic (exact) mass is 269 g/mol. The molecular formula is C8H16INO. The van der Waals surface area contributed by atoms with Gasteiger partial charge in [-0.1, -0.05) is 36.4 Å². The van der Waals surface area contributed by atoms with E-state index >= 15 is 0 Å². The molecular weight excluding hydrogens is 253 g/mol. The molecule has 0 aliphatic carbocycles. The molecule has 1 amide bonds. The van der Waals surface area contributed by atoms with E-state index in [0.29, 0.717) is 0 Å². The second-order valence-electron chi connectivity index (χ2n) is 2.84. The minimum Gasteiger partial charge on any atom is -0.356 e. The van der Waals surface area contributed by atoms with Gasteiger partial charge in [-0.15, -0.1) is 0 Å². The fourth-order valence-corrected chi connectivity index (χ4v) is 1.17. The van der Waals surface area contributed by atoms with Crippen molar-refractivity contribution in [1.29, 1.82) is 0 Å². The number of hydrogen-bond acceptors (Lipinski definition) is 1. The molecule has 2 nitrogen and oxygen atoms in total. The maximum Gasteiger partial charge on any atom is 0.222 e. The van der Waals surface area contributed by atoms with E-state index in [4.69, 9.17) is 0 Å². The Morgan fingerprint density at radius 1 is 1.45 bits per heavy atom. The Hall–Kier alpha value is 0.200. The number of nitrogens with one attached hydrogen (secondary N) is 1. The molecule has 0 aromatic carbocycles. The van der Waals surface area contributed by atoms with E-state index in [9.17, 15) is 4.79 Å².